The van der Waals surface area contributed by atoms with Crippen molar-refractivity contribution in [2.75, 3.05) is 0 Å². The van der Waals surface area contributed by atoms with Crippen molar-refractivity contribution < 1.29 is 14.4 Å². The van der Waals surface area contributed by atoms with E-state index in [2.05, 4.69) is 5.16 Å². The highest BCUT2D eigenvalue weighted by molar-refractivity contribution is 6.33. The third-order valence-electron chi connectivity index (χ3n) is 2.11. The predicted molar refractivity (Wildman–Crippen MR) is 58.3 cm³/mol. The highest BCUT2D eigenvalue weighted by atomic mass is 35.5. The van der Waals surface area contributed by atoms with E-state index in [-0.39, 0.29) is 6.42 Å². The van der Waals surface area contributed by atoms with Crippen molar-refractivity contribution >= 4 is 17.6 Å². The molecule has 0 unspecified atom stereocenters. The summed E-state index contributed by atoms with van der Waals surface area (Å²) in [7, 11) is 0. The van der Waals surface area contributed by atoms with Gasteiger partial charge in [-0.25, -0.2) is 0 Å². The van der Waals surface area contributed by atoms with Gasteiger partial charge in [0, 0.05) is 11.1 Å². The summed E-state index contributed by atoms with van der Waals surface area (Å²) in [6, 6.07) is 7.09. The van der Waals surface area contributed by atoms with Crippen molar-refractivity contribution in [2.45, 2.75) is 6.42 Å². The second-order valence-electron chi connectivity index (χ2n) is 3.24. The van der Waals surface area contributed by atoms with Gasteiger partial charge in [-0.15, -0.1) is 0 Å². The van der Waals surface area contributed by atoms with Crippen LogP contribution >= 0.6 is 11.6 Å². The second-order valence-corrected chi connectivity index (χ2v) is 3.65. The number of aliphatic carboxylic acids is 1. The molecule has 0 aliphatic rings. The smallest absolute Gasteiger partial charge is 0.308 e. The topological polar surface area (TPSA) is 63.3 Å². The first-order chi connectivity index (χ1) is 7.68. The van der Waals surface area contributed by atoms with Crippen LogP contribution in [0.4, 0.5) is 0 Å². The quantitative estimate of drug-likeness (QED) is 0.891. The van der Waals surface area contributed by atoms with Crippen LogP contribution in [-0.2, 0) is 11.2 Å². The summed E-state index contributed by atoms with van der Waals surface area (Å²) in [5, 5.41) is 13.0. The van der Waals surface area contributed by atoms with Crippen molar-refractivity contribution in [1.29, 1.82) is 0 Å². The van der Waals surface area contributed by atoms with Gasteiger partial charge in [-0.05, 0) is 6.07 Å². The minimum Gasteiger partial charge on any atom is -0.481 e. The minimum absolute atomic E-state index is 0.135. The maximum atomic E-state index is 10.6. The zero-order valence-corrected chi connectivity index (χ0v) is 8.94. The van der Waals surface area contributed by atoms with E-state index in [1.807, 2.05) is 0 Å². The summed E-state index contributed by atoms with van der Waals surface area (Å²) in [4.78, 5) is 10.6. The molecule has 1 aromatic heterocycles. The molecule has 4 nitrogen and oxygen atoms in total. The van der Waals surface area contributed by atoms with Gasteiger partial charge in [0.05, 0.1) is 11.4 Å². The highest BCUT2D eigenvalue weighted by Gasteiger charge is 2.15. The van der Waals surface area contributed by atoms with Crippen LogP contribution in [0, 0.1) is 0 Å². The predicted octanol–water partition coefficient (Wildman–Crippen LogP) is 2.62. The summed E-state index contributed by atoms with van der Waals surface area (Å²) in [6.45, 7) is 0. The number of carbonyl (C=O) groups is 1. The molecular weight excluding hydrogens is 230 g/mol. The van der Waals surface area contributed by atoms with Crippen molar-refractivity contribution in [3.8, 4) is 11.3 Å². The van der Waals surface area contributed by atoms with Gasteiger partial charge in [0.1, 0.15) is 12.0 Å². The Balaban J connectivity index is 2.45. The average molecular weight is 238 g/mol. The van der Waals surface area contributed by atoms with Gasteiger partial charge in [-0.2, -0.15) is 0 Å². The van der Waals surface area contributed by atoms with Crippen LogP contribution in [0.25, 0.3) is 11.3 Å². The Kier molecular flexibility index (Phi) is 2.92. The van der Waals surface area contributed by atoms with E-state index >= 15 is 0 Å². The van der Waals surface area contributed by atoms with Gasteiger partial charge in [0.25, 0.3) is 0 Å². The van der Waals surface area contributed by atoms with Crippen LogP contribution in [0.2, 0.25) is 5.02 Å². The van der Waals surface area contributed by atoms with Gasteiger partial charge in [0.15, 0.2) is 0 Å². The molecule has 5 heteroatoms. The number of aromatic nitrogens is 1. The van der Waals surface area contributed by atoms with E-state index in [0.29, 0.717) is 21.8 Å². The van der Waals surface area contributed by atoms with E-state index in [0.717, 1.165) is 0 Å². The Bertz CT molecular complexity index is 521. The van der Waals surface area contributed by atoms with Gasteiger partial charge in [0.2, 0.25) is 0 Å². The van der Waals surface area contributed by atoms with Crippen molar-refractivity contribution in [2.24, 2.45) is 0 Å². The van der Waals surface area contributed by atoms with Crippen molar-refractivity contribution in [1.82, 2.24) is 5.16 Å². The zero-order chi connectivity index (χ0) is 11.5. The van der Waals surface area contributed by atoms with Gasteiger partial charge >= 0.3 is 5.97 Å². The van der Waals surface area contributed by atoms with Crippen LogP contribution in [0.1, 0.15) is 5.56 Å². The number of benzene rings is 1. The zero-order valence-electron chi connectivity index (χ0n) is 8.18. The van der Waals surface area contributed by atoms with Gasteiger partial charge < -0.3 is 9.63 Å². The number of rotatable bonds is 3. The monoisotopic (exact) mass is 237 g/mol. The first-order valence-electron chi connectivity index (χ1n) is 4.58. The Morgan fingerprint density at radius 3 is 2.88 bits per heavy atom. The highest BCUT2D eigenvalue weighted by Crippen LogP contribution is 2.29. The van der Waals surface area contributed by atoms with Gasteiger partial charge in [-0.1, -0.05) is 35.0 Å². The SMILES string of the molecule is O=C(O)Cc1conc1-c1ccccc1Cl. The molecule has 1 aromatic carbocycles. The molecule has 2 rings (SSSR count). The summed E-state index contributed by atoms with van der Waals surface area (Å²) >= 11 is 6.00. The summed E-state index contributed by atoms with van der Waals surface area (Å²) in [5.41, 5.74) is 1.67. The normalized spacial score (nSPS) is 10.3. The molecule has 0 bridgehead atoms. The van der Waals surface area contributed by atoms with Crippen LogP contribution in [-0.4, -0.2) is 16.2 Å². The van der Waals surface area contributed by atoms with Crippen LogP contribution < -0.4 is 0 Å². The number of halogens is 1. The first-order valence-corrected chi connectivity index (χ1v) is 4.96. The Labute approximate surface area is 96.4 Å². The lowest BCUT2D eigenvalue weighted by Crippen LogP contribution is -2.00. The third-order valence-corrected chi connectivity index (χ3v) is 2.44. The summed E-state index contributed by atoms with van der Waals surface area (Å²) < 4.78 is 4.78. The lowest BCUT2D eigenvalue weighted by molar-refractivity contribution is -0.136. The number of carboxylic acids is 1. The van der Waals surface area contributed by atoms with Crippen LogP contribution in [0.5, 0.6) is 0 Å². The molecule has 0 radical (unpaired) electrons. The fraction of sp³-hybridized carbons (Fsp3) is 0.0909. The number of carboxylic acid groups (broad SMARTS) is 1. The molecule has 0 aliphatic heterocycles. The molecule has 0 saturated heterocycles. The van der Waals surface area contributed by atoms with E-state index < -0.39 is 5.97 Å². The molecule has 0 spiro atoms. The molecule has 2 aromatic rings. The van der Waals surface area contributed by atoms with E-state index in [1.165, 1.54) is 6.26 Å². The molecule has 0 aliphatic carbocycles. The Morgan fingerprint density at radius 1 is 1.44 bits per heavy atom. The lowest BCUT2D eigenvalue weighted by Gasteiger charge is -2.01. The fourth-order valence-electron chi connectivity index (χ4n) is 1.42. The van der Waals surface area contributed by atoms with E-state index in [4.69, 9.17) is 21.2 Å². The molecule has 0 saturated carbocycles. The molecule has 0 fully saturated rings. The van der Waals surface area contributed by atoms with Crippen LogP contribution in [0.3, 0.4) is 0 Å². The minimum atomic E-state index is -0.934. The Hall–Kier alpha value is -1.81. The largest absolute Gasteiger partial charge is 0.481 e. The van der Waals surface area contributed by atoms with Crippen molar-refractivity contribution in [3.05, 3.63) is 41.1 Å². The molecule has 82 valence electrons. The van der Waals surface area contributed by atoms with E-state index in [1.54, 1.807) is 24.3 Å². The second kappa shape index (κ2) is 4.37. The lowest BCUT2D eigenvalue weighted by atomic mass is 10.1. The number of nitrogens with zero attached hydrogens (tertiary/aromatic N) is 1. The molecule has 1 N–H and O–H groups in total. The maximum absolute atomic E-state index is 10.6. The summed E-state index contributed by atoms with van der Waals surface area (Å²) in [6.07, 6.45) is 1.19. The summed E-state index contributed by atoms with van der Waals surface area (Å²) in [5.74, 6) is -0.934. The van der Waals surface area contributed by atoms with Crippen molar-refractivity contribution in [3.63, 3.8) is 0 Å². The first kappa shape index (κ1) is 10.7. The maximum Gasteiger partial charge on any atom is 0.308 e. The molecule has 0 atom stereocenters. The molecule has 16 heavy (non-hydrogen) atoms. The van der Waals surface area contributed by atoms with Crippen LogP contribution in [0.15, 0.2) is 35.1 Å². The standard InChI is InChI=1S/C11H8ClNO3/c12-9-4-2-1-3-8(9)11-7(5-10(14)15)6-16-13-11/h1-4,6H,5H2,(H,14,15). The number of hydrogen-bond donors (Lipinski definition) is 1. The third kappa shape index (κ3) is 2.06. The van der Waals surface area contributed by atoms with Gasteiger partial charge in [-0.3, -0.25) is 4.79 Å². The average Bonchev–Trinajstić information content (AvgIpc) is 2.66. The van der Waals surface area contributed by atoms with E-state index in [9.17, 15) is 4.79 Å². The number of hydrogen-bond acceptors (Lipinski definition) is 3. The molecular formula is C11H8ClNO3. The Morgan fingerprint density at radius 2 is 2.19 bits per heavy atom. The fourth-order valence-corrected chi connectivity index (χ4v) is 1.65. The molecule has 0 amide bonds. The molecule has 1 heterocycles.